The fourth-order valence-electron chi connectivity index (χ4n) is 3.37. The Balaban J connectivity index is 1.76. The van der Waals surface area contributed by atoms with Crippen LogP contribution in [0.2, 0.25) is 0 Å². The maximum atomic E-state index is 11.1. The van der Waals surface area contributed by atoms with E-state index in [0.717, 1.165) is 22.2 Å². The van der Waals surface area contributed by atoms with Crippen molar-refractivity contribution >= 4 is 16.5 Å². The van der Waals surface area contributed by atoms with Gasteiger partial charge in [0.1, 0.15) is 6.10 Å². The highest BCUT2D eigenvalue weighted by atomic mass is 16.3. The van der Waals surface area contributed by atoms with Crippen LogP contribution in [0.1, 0.15) is 23.3 Å². The van der Waals surface area contributed by atoms with Gasteiger partial charge in [-0.15, -0.1) is 0 Å². The van der Waals surface area contributed by atoms with Crippen molar-refractivity contribution in [2.24, 2.45) is 0 Å². The number of rotatable bonds is 5. The highest BCUT2D eigenvalue weighted by Crippen LogP contribution is 2.34. The lowest BCUT2D eigenvalue weighted by Gasteiger charge is -2.27. The molecule has 0 bridgehead atoms. The molecule has 0 radical (unpaired) electrons. The largest absolute Gasteiger partial charge is 0.386 e. The molecule has 0 aliphatic carbocycles. The van der Waals surface area contributed by atoms with Crippen molar-refractivity contribution in [3.63, 3.8) is 0 Å². The first-order chi connectivity index (χ1) is 12.8. The van der Waals surface area contributed by atoms with E-state index in [1.54, 1.807) is 0 Å². The van der Waals surface area contributed by atoms with E-state index in [9.17, 15) is 5.11 Å². The summed E-state index contributed by atoms with van der Waals surface area (Å²) in [5, 5.41) is 17.0. The van der Waals surface area contributed by atoms with Crippen LogP contribution < -0.4 is 5.32 Å². The second-order valence-corrected chi connectivity index (χ2v) is 6.41. The summed E-state index contributed by atoms with van der Waals surface area (Å²) < 4.78 is 0. The van der Waals surface area contributed by atoms with Crippen molar-refractivity contribution in [3.8, 4) is 0 Å². The zero-order valence-electron chi connectivity index (χ0n) is 14.4. The third-order valence-electron chi connectivity index (χ3n) is 4.72. The van der Waals surface area contributed by atoms with E-state index in [4.69, 9.17) is 0 Å². The Morgan fingerprint density at radius 1 is 0.577 bits per heavy atom. The normalized spacial score (nSPS) is 13.3. The average Bonchev–Trinajstić information content (AvgIpc) is 2.73. The molecule has 4 rings (SSSR count). The molecule has 0 aromatic heterocycles. The third-order valence-corrected chi connectivity index (χ3v) is 4.72. The lowest BCUT2D eigenvalue weighted by molar-refractivity contribution is 0.155. The number of aliphatic hydroxyl groups excluding tert-OH is 1. The first-order valence-electron chi connectivity index (χ1n) is 8.85. The fourth-order valence-corrected chi connectivity index (χ4v) is 3.37. The van der Waals surface area contributed by atoms with Crippen LogP contribution in [-0.4, -0.2) is 5.11 Å². The molecule has 2 atom stereocenters. The highest BCUT2D eigenvalue weighted by Gasteiger charge is 2.23. The molecule has 0 spiro atoms. The molecule has 4 aromatic rings. The van der Waals surface area contributed by atoms with Crippen molar-refractivity contribution in [2.75, 3.05) is 5.32 Å². The highest BCUT2D eigenvalue weighted by molar-refractivity contribution is 5.93. The lowest BCUT2D eigenvalue weighted by atomic mass is 9.95. The summed E-state index contributed by atoms with van der Waals surface area (Å²) in [7, 11) is 0. The van der Waals surface area contributed by atoms with E-state index >= 15 is 0 Å². The van der Waals surface area contributed by atoms with Gasteiger partial charge >= 0.3 is 0 Å². The average molecular weight is 339 g/mol. The number of nitrogens with one attached hydrogen (secondary N) is 1. The summed E-state index contributed by atoms with van der Waals surface area (Å²) >= 11 is 0. The molecule has 2 nitrogen and oxygen atoms in total. The molecular formula is C24H21NO. The molecule has 26 heavy (non-hydrogen) atoms. The summed E-state index contributed by atoms with van der Waals surface area (Å²) in [5.74, 6) is 0. The van der Waals surface area contributed by atoms with E-state index in [0.29, 0.717) is 0 Å². The van der Waals surface area contributed by atoms with E-state index in [-0.39, 0.29) is 6.04 Å². The summed E-state index contributed by atoms with van der Waals surface area (Å²) in [6.07, 6.45) is -0.655. The van der Waals surface area contributed by atoms with Crippen LogP contribution in [0.3, 0.4) is 0 Å². The van der Waals surface area contributed by atoms with Gasteiger partial charge < -0.3 is 10.4 Å². The van der Waals surface area contributed by atoms with Crippen molar-refractivity contribution in [2.45, 2.75) is 12.1 Å². The van der Waals surface area contributed by atoms with Gasteiger partial charge in [0.15, 0.2) is 0 Å². The Labute approximate surface area is 153 Å². The Bertz CT molecular complexity index is 977. The summed E-state index contributed by atoms with van der Waals surface area (Å²) in [6.45, 7) is 0. The van der Waals surface area contributed by atoms with Crippen LogP contribution in [-0.2, 0) is 0 Å². The Morgan fingerprint density at radius 2 is 1.15 bits per heavy atom. The Morgan fingerprint density at radius 3 is 1.88 bits per heavy atom. The topological polar surface area (TPSA) is 32.3 Å². The predicted molar refractivity (Wildman–Crippen MR) is 108 cm³/mol. The predicted octanol–water partition coefficient (Wildman–Crippen LogP) is 5.73. The molecular weight excluding hydrogens is 318 g/mol. The molecule has 2 heteroatoms. The molecule has 0 aliphatic rings. The number of aliphatic hydroxyl groups is 1. The lowest BCUT2D eigenvalue weighted by Crippen LogP contribution is -2.19. The van der Waals surface area contributed by atoms with Gasteiger partial charge in [0, 0.05) is 11.1 Å². The molecule has 0 unspecified atom stereocenters. The van der Waals surface area contributed by atoms with Crippen LogP contribution in [0.25, 0.3) is 10.8 Å². The van der Waals surface area contributed by atoms with Crippen molar-refractivity contribution < 1.29 is 5.11 Å². The van der Waals surface area contributed by atoms with Crippen molar-refractivity contribution in [1.29, 1.82) is 0 Å². The molecule has 0 aliphatic heterocycles. The minimum Gasteiger partial charge on any atom is -0.386 e. The molecule has 0 amide bonds. The number of anilines is 1. The van der Waals surface area contributed by atoms with Gasteiger partial charge in [0.2, 0.25) is 0 Å². The SMILES string of the molecule is O[C@@H](c1ccccc1)[C@@H](Nc1cccc2ccccc12)c1ccccc1. The Hall–Kier alpha value is -3.10. The van der Waals surface area contributed by atoms with Gasteiger partial charge in [-0.25, -0.2) is 0 Å². The van der Waals surface area contributed by atoms with Gasteiger partial charge in [-0.1, -0.05) is 97.1 Å². The van der Waals surface area contributed by atoms with E-state index in [2.05, 4.69) is 41.7 Å². The van der Waals surface area contributed by atoms with Crippen LogP contribution in [0, 0.1) is 0 Å². The van der Waals surface area contributed by atoms with E-state index < -0.39 is 6.10 Å². The third kappa shape index (κ3) is 3.32. The van der Waals surface area contributed by atoms with E-state index in [1.165, 1.54) is 5.39 Å². The second-order valence-electron chi connectivity index (χ2n) is 6.41. The van der Waals surface area contributed by atoms with Crippen molar-refractivity contribution in [3.05, 3.63) is 114 Å². The van der Waals surface area contributed by atoms with Crippen LogP contribution in [0.4, 0.5) is 5.69 Å². The van der Waals surface area contributed by atoms with Crippen molar-refractivity contribution in [1.82, 2.24) is 0 Å². The van der Waals surface area contributed by atoms with Gasteiger partial charge in [-0.3, -0.25) is 0 Å². The second kappa shape index (κ2) is 7.42. The first-order valence-corrected chi connectivity index (χ1v) is 8.85. The zero-order chi connectivity index (χ0) is 17.8. The molecule has 2 N–H and O–H groups in total. The standard InChI is InChI=1S/C24H21NO/c26-24(20-13-5-2-6-14-20)23(19-11-3-1-4-12-19)25-22-17-9-15-18-10-7-8-16-21(18)22/h1-17,23-26H/t23-,24-/m0/s1. The maximum absolute atomic E-state index is 11.1. The fraction of sp³-hybridized carbons (Fsp3) is 0.0833. The Kier molecular flexibility index (Phi) is 4.67. The van der Waals surface area contributed by atoms with Crippen LogP contribution >= 0.6 is 0 Å². The monoisotopic (exact) mass is 339 g/mol. The summed E-state index contributed by atoms with van der Waals surface area (Å²) in [4.78, 5) is 0. The molecule has 128 valence electrons. The van der Waals surface area contributed by atoms with Gasteiger partial charge in [-0.05, 0) is 22.6 Å². The minimum absolute atomic E-state index is 0.246. The molecule has 0 saturated carbocycles. The summed E-state index contributed by atoms with van der Waals surface area (Å²) in [6, 6.07) is 34.2. The van der Waals surface area contributed by atoms with Gasteiger partial charge in [0.05, 0.1) is 6.04 Å². The molecule has 0 heterocycles. The van der Waals surface area contributed by atoms with Gasteiger partial charge in [-0.2, -0.15) is 0 Å². The zero-order valence-corrected chi connectivity index (χ0v) is 14.4. The van der Waals surface area contributed by atoms with E-state index in [1.807, 2.05) is 66.7 Å². The summed E-state index contributed by atoms with van der Waals surface area (Å²) in [5.41, 5.74) is 2.97. The minimum atomic E-state index is -0.655. The van der Waals surface area contributed by atoms with Gasteiger partial charge in [0.25, 0.3) is 0 Å². The smallest absolute Gasteiger partial charge is 0.103 e. The quantitative estimate of drug-likeness (QED) is 0.487. The number of fused-ring (bicyclic) bond motifs is 1. The molecule has 0 saturated heterocycles. The first kappa shape index (κ1) is 16.4. The number of hydrogen-bond acceptors (Lipinski definition) is 2. The number of benzene rings is 4. The maximum Gasteiger partial charge on any atom is 0.103 e. The molecule has 4 aromatic carbocycles. The van der Waals surface area contributed by atoms with Crippen LogP contribution in [0.15, 0.2) is 103 Å². The number of hydrogen-bond donors (Lipinski definition) is 2. The molecule has 0 fully saturated rings. The van der Waals surface area contributed by atoms with Crippen LogP contribution in [0.5, 0.6) is 0 Å².